The molecule has 2 aromatic heterocycles. The van der Waals surface area contributed by atoms with Crippen molar-refractivity contribution in [3.8, 4) is 11.1 Å². The SMILES string of the molecule is C=S(c1ccccc1)c1ccc(C)c(-c2cc3cnc(Nc4ccc(NC5CCN(C)CC5)cc4)nc3n(CCN(C)S(C)(=O)=O)c2=O)c1. The second kappa shape index (κ2) is 14.6. The molecule has 1 fully saturated rings. The number of aromatic nitrogens is 3. The van der Waals surface area contributed by atoms with Crippen LogP contribution in [0.3, 0.4) is 0 Å². The number of sulfonamides is 1. The van der Waals surface area contributed by atoms with Crippen molar-refractivity contribution >= 4 is 54.7 Å². The van der Waals surface area contributed by atoms with E-state index >= 15 is 0 Å². The number of hydrogen-bond acceptors (Lipinski definition) is 8. The predicted octanol–water partition coefficient (Wildman–Crippen LogP) is 6.03. The summed E-state index contributed by atoms with van der Waals surface area (Å²) in [5.41, 5.74) is 4.27. The third-order valence-corrected chi connectivity index (χ3v) is 12.1. The number of aryl methyl sites for hydroxylation is 1. The van der Waals surface area contributed by atoms with Crippen molar-refractivity contribution in [3.63, 3.8) is 0 Å². The van der Waals surface area contributed by atoms with Crippen LogP contribution in [0.25, 0.3) is 22.2 Å². The molecule has 0 saturated carbocycles. The zero-order valence-electron chi connectivity index (χ0n) is 28.4. The zero-order valence-corrected chi connectivity index (χ0v) is 30.0. The normalized spacial score (nSPS) is 15.0. The van der Waals surface area contributed by atoms with Gasteiger partial charge in [-0.05, 0) is 106 Å². The average molecular weight is 698 g/mol. The van der Waals surface area contributed by atoms with E-state index in [-0.39, 0.29) is 18.6 Å². The third kappa shape index (κ3) is 8.10. The minimum Gasteiger partial charge on any atom is -0.382 e. The molecule has 49 heavy (non-hydrogen) atoms. The predicted molar refractivity (Wildman–Crippen MR) is 203 cm³/mol. The molecule has 1 saturated heterocycles. The Hall–Kier alpha value is -4.36. The summed E-state index contributed by atoms with van der Waals surface area (Å²) >= 11 is 0. The quantitative estimate of drug-likeness (QED) is 0.161. The molecule has 1 aliphatic heterocycles. The fourth-order valence-electron chi connectivity index (χ4n) is 5.96. The van der Waals surface area contributed by atoms with Crippen LogP contribution in [-0.4, -0.2) is 84.1 Å². The van der Waals surface area contributed by atoms with Gasteiger partial charge >= 0.3 is 0 Å². The Morgan fingerprint density at radius 3 is 2.35 bits per heavy atom. The summed E-state index contributed by atoms with van der Waals surface area (Å²) in [4.78, 5) is 28.2. The van der Waals surface area contributed by atoms with Gasteiger partial charge < -0.3 is 15.5 Å². The van der Waals surface area contributed by atoms with Crippen molar-refractivity contribution in [2.24, 2.45) is 0 Å². The number of nitrogens with zero attached hydrogens (tertiary/aromatic N) is 5. The fourth-order valence-corrected chi connectivity index (χ4v) is 7.62. The first-order chi connectivity index (χ1) is 23.5. The molecular formula is C37H43N7O3S2. The lowest BCUT2D eigenvalue weighted by atomic mass is 10.0. The van der Waals surface area contributed by atoms with Gasteiger partial charge in [-0.25, -0.2) is 17.7 Å². The van der Waals surface area contributed by atoms with Crippen molar-refractivity contribution in [2.75, 3.05) is 50.6 Å². The van der Waals surface area contributed by atoms with E-state index in [2.05, 4.69) is 51.6 Å². The van der Waals surface area contributed by atoms with Gasteiger partial charge in [0.1, 0.15) is 5.65 Å². The highest BCUT2D eigenvalue weighted by molar-refractivity contribution is 8.14. The van der Waals surface area contributed by atoms with Gasteiger partial charge in [0.25, 0.3) is 5.56 Å². The Bertz CT molecular complexity index is 2150. The molecule has 6 rings (SSSR count). The van der Waals surface area contributed by atoms with Gasteiger partial charge in [-0.15, -0.1) is 10.5 Å². The van der Waals surface area contributed by atoms with Gasteiger partial charge in [-0.1, -0.05) is 30.1 Å². The van der Waals surface area contributed by atoms with Crippen molar-refractivity contribution < 1.29 is 8.42 Å². The van der Waals surface area contributed by atoms with Gasteiger partial charge in [0, 0.05) is 64.5 Å². The van der Waals surface area contributed by atoms with Gasteiger partial charge in [0.15, 0.2) is 0 Å². The highest BCUT2D eigenvalue weighted by atomic mass is 32.2. The number of rotatable bonds is 11. The number of pyridine rings is 1. The molecule has 0 radical (unpaired) electrons. The molecule has 256 valence electrons. The monoisotopic (exact) mass is 697 g/mol. The maximum atomic E-state index is 14.3. The van der Waals surface area contributed by atoms with Crippen molar-refractivity contribution in [1.29, 1.82) is 0 Å². The Balaban J connectivity index is 1.34. The number of hydrogen-bond donors (Lipinski definition) is 2. The topological polar surface area (TPSA) is 112 Å². The largest absolute Gasteiger partial charge is 0.382 e. The lowest BCUT2D eigenvalue weighted by Crippen LogP contribution is -2.36. The lowest BCUT2D eigenvalue weighted by molar-refractivity contribution is 0.264. The summed E-state index contributed by atoms with van der Waals surface area (Å²) in [5.74, 6) is 4.77. The van der Waals surface area contributed by atoms with Crippen LogP contribution in [0.5, 0.6) is 0 Å². The van der Waals surface area contributed by atoms with Gasteiger partial charge in [0.2, 0.25) is 16.0 Å². The second-order valence-corrected chi connectivity index (χ2v) is 16.5. The molecule has 3 heterocycles. The summed E-state index contributed by atoms with van der Waals surface area (Å²) < 4.78 is 27.3. The third-order valence-electron chi connectivity index (χ3n) is 9.07. The summed E-state index contributed by atoms with van der Waals surface area (Å²) in [5, 5.41) is 7.57. The second-order valence-electron chi connectivity index (χ2n) is 12.7. The number of fused-ring (bicyclic) bond motifs is 1. The highest BCUT2D eigenvalue weighted by Gasteiger charge is 2.19. The van der Waals surface area contributed by atoms with Gasteiger partial charge in [0.05, 0.1) is 6.26 Å². The van der Waals surface area contributed by atoms with Crippen molar-refractivity contribution in [3.05, 3.63) is 101 Å². The number of likely N-dealkylation sites (tertiary alicyclic amines) is 1. The Morgan fingerprint density at radius 1 is 0.959 bits per heavy atom. The van der Waals surface area contributed by atoms with Crippen LogP contribution in [0.1, 0.15) is 18.4 Å². The summed E-state index contributed by atoms with van der Waals surface area (Å²) in [6.07, 6.45) is 5.08. The molecular weight excluding hydrogens is 655 g/mol. The van der Waals surface area contributed by atoms with Crippen LogP contribution in [0, 0.1) is 6.92 Å². The summed E-state index contributed by atoms with van der Waals surface area (Å²) in [6.45, 7) is 4.37. The maximum Gasteiger partial charge on any atom is 0.260 e. The van der Waals surface area contributed by atoms with E-state index in [1.165, 1.54) is 11.4 Å². The van der Waals surface area contributed by atoms with Crippen LogP contribution >= 0.6 is 10.5 Å². The first kappa shape index (κ1) is 34.5. The molecule has 10 nitrogen and oxygen atoms in total. The smallest absolute Gasteiger partial charge is 0.260 e. The van der Waals surface area contributed by atoms with Gasteiger partial charge in [-0.2, -0.15) is 4.98 Å². The minimum atomic E-state index is -3.45. The van der Waals surface area contributed by atoms with E-state index < -0.39 is 20.5 Å². The molecule has 0 spiro atoms. The van der Waals surface area contributed by atoms with Crippen LogP contribution < -0.4 is 16.2 Å². The summed E-state index contributed by atoms with van der Waals surface area (Å²) in [6, 6.07) is 26.5. The Kier molecular flexibility index (Phi) is 10.3. The molecule has 0 aliphatic carbocycles. The Morgan fingerprint density at radius 2 is 1.65 bits per heavy atom. The standard InChI is InChI=1S/C37H43N7O3S2/c1-26-11-16-32(48(4)31-9-7-6-8-10-31)24-33(26)34-23-27-25-38-37(41-35(27)44(36(34)45)22-21-43(3)49(5,46)47)40-29-14-12-28(13-15-29)39-30-17-19-42(2)20-18-30/h6-16,23-25,30,39H,4,17-22H2,1-3,5H3,(H,38,40,41). The van der Waals surface area contributed by atoms with Crippen molar-refractivity contribution in [2.45, 2.75) is 42.1 Å². The molecule has 3 aromatic carbocycles. The van der Waals surface area contributed by atoms with E-state index in [1.807, 2.05) is 67.6 Å². The molecule has 1 unspecified atom stereocenters. The Labute approximate surface area is 290 Å². The van der Waals surface area contributed by atoms with Crippen LogP contribution in [0.4, 0.5) is 17.3 Å². The number of anilines is 3. The number of nitrogens with one attached hydrogen (secondary N) is 2. The van der Waals surface area contributed by atoms with Crippen LogP contribution in [-0.2, 0) is 16.6 Å². The molecule has 0 amide bonds. The summed E-state index contributed by atoms with van der Waals surface area (Å²) in [7, 11) is -0.239. The van der Waals surface area contributed by atoms with Crippen LogP contribution in [0.15, 0.2) is 99.6 Å². The van der Waals surface area contributed by atoms with Gasteiger partial charge in [-0.3, -0.25) is 9.36 Å². The molecule has 5 aromatic rings. The van der Waals surface area contributed by atoms with E-state index in [4.69, 9.17) is 4.98 Å². The highest BCUT2D eigenvalue weighted by Crippen LogP contribution is 2.37. The average Bonchev–Trinajstić information content (AvgIpc) is 3.09. The van der Waals surface area contributed by atoms with Crippen molar-refractivity contribution in [1.82, 2.24) is 23.7 Å². The zero-order chi connectivity index (χ0) is 34.7. The molecule has 2 N–H and O–H groups in total. The number of piperidine rings is 1. The molecule has 0 bridgehead atoms. The maximum absolute atomic E-state index is 14.3. The number of benzene rings is 3. The molecule has 12 heteroatoms. The van der Waals surface area contributed by atoms with E-state index in [0.29, 0.717) is 28.6 Å². The minimum absolute atomic E-state index is 0.102. The number of likely N-dealkylation sites (N-methyl/N-ethyl adjacent to an activating group) is 1. The fraction of sp³-hybridized carbons (Fsp3) is 0.297. The lowest BCUT2D eigenvalue weighted by Gasteiger charge is -2.30. The van der Waals surface area contributed by atoms with Crippen LogP contribution in [0.2, 0.25) is 0 Å². The van der Waals surface area contributed by atoms with E-state index in [9.17, 15) is 13.2 Å². The first-order valence-electron chi connectivity index (χ1n) is 16.3. The molecule has 1 atom stereocenters. The molecule has 1 aliphatic rings. The van der Waals surface area contributed by atoms with E-state index in [1.54, 1.807) is 10.8 Å². The van der Waals surface area contributed by atoms with E-state index in [0.717, 1.165) is 64.5 Å². The first-order valence-corrected chi connectivity index (χ1v) is 19.5.